The fourth-order valence-corrected chi connectivity index (χ4v) is 6.31. The number of carbonyl (C=O) groups is 2. The van der Waals surface area contributed by atoms with Crippen molar-refractivity contribution >= 4 is 44.1 Å². The minimum absolute atomic E-state index is 0.0114. The number of ether oxygens (including phenoxy) is 1. The second-order valence-corrected chi connectivity index (χ2v) is 13.1. The van der Waals surface area contributed by atoms with Crippen LogP contribution in [0.15, 0.2) is 78.2 Å². The number of likely N-dealkylation sites (N-methyl/N-ethyl adjacent to an activating group) is 1. The summed E-state index contributed by atoms with van der Waals surface area (Å²) >= 11 is 0. The van der Waals surface area contributed by atoms with E-state index in [-0.39, 0.29) is 47.9 Å². The number of rotatable bonds is 8. The number of benzene rings is 3. The van der Waals surface area contributed by atoms with E-state index in [1.807, 2.05) is 43.3 Å². The number of anilines is 2. The normalized spacial score (nSPS) is 17.9. The van der Waals surface area contributed by atoms with Gasteiger partial charge in [-0.25, -0.2) is 18.2 Å². The summed E-state index contributed by atoms with van der Waals surface area (Å²) in [7, 11) is -0.751. The lowest BCUT2D eigenvalue weighted by Crippen LogP contribution is -2.50. The molecule has 13 heteroatoms. The van der Waals surface area contributed by atoms with Gasteiger partial charge in [-0.3, -0.25) is 4.79 Å². The summed E-state index contributed by atoms with van der Waals surface area (Å²) in [4.78, 5) is 32.3. The number of aliphatic hydroxyl groups excluding tert-OH is 1. The molecule has 0 unspecified atom stereocenters. The average Bonchev–Trinajstić information content (AvgIpc) is 3.46. The zero-order valence-electron chi connectivity index (χ0n) is 25.0. The Hall–Kier alpha value is -4.46. The number of aliphatic hydroxyl groups is 1. The Bertz CT molecular complexity index is 1790. The molecule has 3 amide bonds. The van der Waals surface area contributed by atoms with Crippen molar-refractivity contribution < 1.29 is 27.9 Å². The van der Waals surface area contributed by atoms with E-state index < -0.39 is 28.2 Å². The lowest BCUT2D eigenvalue weighted by Gasteiger charge is -2.38. The van der Waals surface area contributed by atoms with Crippen LogP contribution in [0.2, 0.25) is 0 Å². The lowest BCUT2D eigenvalue weighted by atomic mass is 9.99. The number of amides is 3. The SMILES string of the molecule is C[C@@H]1CN([C@H](C)CO)C(=O)c2cc(NC(=O)Nc3cccc4ccccc34)ccc2O[C@H]1CN(C)S(=O)(=O)c1cn(C)cn1. The van der Waals surface area contributed by atoms with Crippen LogP contribution >= 0.6 is 0 Å². The molecule has 0 bridgehead atoms. The molecule has 3 atom stereocenters. The van der Waals surface area contributed by atoms with Crippen molar-refractivity contribution in [2.45, 2.75) is 31.0 Å². The van der Waals surface area contributed by atoms with Gasteiger partial charge in [-0.15, -0.1) is 0 Å². The fraction of sp³-hybridized carbons (Fsp3) is 0.323. The van der Waals surface area contributed by atoms with Gasteiger partial charge in [-0.2, -0.15) is 4.31 Å². The molecule has 1 aromatic heterocycles. The van der Waals surface area contributed by atoms with Crippen molar-refractivity contribution in [3.63, 3.8) is 0 Å². The van der Waals surface area contributed by atoms with Crippen molar-refractivity contribution in [1.29, 1.82) is 0 Å². The number of imidazole rings is 1. The van der Waals surface area contributed by atoms with E-state index in [4.69, 9.17) is 4.74 Å². The van der Waals surface area contributed by atoms with E-state index in [1.54, 1.807) is 41.6 Å². The van der Waals surface area contributed by atoms with Crippen molar-refractivity contribution in [2.75, 3.05) is 37.4 Å². The van der Waals surface area contributed by atoms with Gasteiger partial charge >= 0.3 is 6.03 Å². The Morgan fingerprint density at radius 1 is 1.16 bits per heavy atom. The highest BCUT2D eigenvalue weighted by Crippen LogP contribution is 2.31. The van der Waals surface area contributed by atoms with Gasteiger partial charge in [-0.1, -0.05) is 43.3 Å². The first-order chi connectivity index (χ1) is 21.0. The van der Waals surface area contributed by atoms with Crippen LogP contribution < -0.4 is 15.4 Å². The van der Waals surface area contributed by atoms with Crippen LogP contribution in [0.1, 0.15) is 24.2 Å². The third-order valence-corrected chi connectivity index (χ3v) is 9.46. The van der Waals surface area contributed by atoms with E-state index >= 15 is 0 Å². The first-order valence-electron chi connectivity index (χ1n) is 14.2. The molecule has 0 saturated heterocycles. The number of fused-ring (bicyclic) bond motifs is 2. The third-order valence-electron chi connectivity index (χ3n) is 7.75. The van der Waals surface area contributed by atoms with Crippen LogP contribution in [0.4, 0.5) is 16.2 Å². The van der Waals surface area contributed by atoms with E-state index in [0.717, 1.165) is 10.8 Å². The van der Waals surface area contributed by atoms with Crippen LogP contribution in [-0.2, 0) is 17.1 Å². The molecule has 2 heterocycles. The van der Waals surface area contributed by atoms with E-state index in [9.17, 15) is 23.1 Å². The maximum absolute atomic E-state index is 13.8. The van der Waals surface area contributed by atoms with Gasteiger partial charge in [0, 0.05) is 43.8 Å². The second-order valence-electron chi connectivity index (χ2n) is 11.1. The molecular weight excluding hydrogens is 584 g/mol. The smallest absolute Gasteiger partial charge is 0.323 e. The number of nitrogens with zero attached hydrogens (tertiary/aromatic N) is 4. The van der Waals surface area contributed by atoms with Gasteiger partial charge in [0.2, 0.25) is 0 Å². The van der Waals surface area contributed by atoms with Gasteiger partial charge in [0.25, 0.3) is 15.9 Å². The molecule has 44 heavy (non-hydrogen) atoms. The summed E-state index contributed by atoms with van der Waals surface area (Å²) in [6.07, 6.45) is 2.20. The monoisotopic (exact) mass is 620 g/mol. The number of carbonyl (C=O) groups excluding carboxylic acids is 2. The van der Waals surface area contributed by atoms with E-state index in [0.29, 0.717) is 11.4 Å². The molecule has 3 aromatic carbocycles. The first kappa shape index (κ1) is 31.0. The number of hydrogen-bond donors (Lipinski definition) is 3. The van der Waals surface area contributed by atoms with E-state index in [1.165, 1.54) is 29.9 Å². The lowest BCUT2D eigenvalue weighted by molar-refractivity contribution is 0.0387. The molecule has 0 fully saturated rings. The quantitative estimate of drug-likeness (QED) is 0.272. The molecule has 4 aromatic rings. The molecule has 0 radical (unpaired) electrons. The van der Waals surface area contributed by atoms with Crippen LogP contribution in [0.25, 0.3) is 10.8 Å². The number of hydrogen-bond acceptors (Lipinski definition) is 7. The van der Waals surface area contributed by atoms with Gasteiger partial charge in [0.1, 0.15) is 11.9 Å². The molecule has 232 valence electrons. The summed E-state index contributed by atoms with van der Waals surface area (Å²) in [6.45, 7) is 3.54. The highest BCUT2D eigenvalue weighted by Gasteiger charge is 2.35. The van der Waals surface area contributed by atoms with Crippen LogP contribution in [0.5, 0.6) is 5.75 Å². The predicted octanol–water partition coefficient (Wildman–Crippen LogP) is 3.76. The third kappa shape index (κ3) is 6.39. The highest BCUT2D eigenvalue weighted by atomic mass is 32.2. The Morgan fingerprint density at radius 2 is 1.91 bits per heavy atom. The largest absolute Gasteiger partial charge is 0.488 e. The summed E-state index contributed by atoms with van der Waals surface area (Å²) in [5, 5.41) is 17.4. The predicted molar refractivity (Wildman–Crippen MR) is 167 cm³/mol. The molecule has 3 N–H and O–H groups in total. The number of nitrogens with one attached hydrogen (secondary N) is 2. The first-order valence-corrected chi connectivity index (χ1v) is 15.6. The molecule has 0 saturated carbocycles. The minimum Gasteiger partial charge on any atom is -0.488 e. The topological polar surface area (TPSA) is 146 Å². The molecule has 12 nitrogen and oxygen atoms in total. The van der Waals surface area contributed by atoms with Crippen molar-refractivity contribution in [3.05, 3.63) is 78.8 Å². The Labute approximate surface area is 256 Å². The molecule has 0 spiro atoms. The fourth-order valence-electron chi connectivity index (χ4n) is 5.17. The van der Waals surface area contributed by atoms with Crippen molar-refractivity contribution in [3.8, 4) is 5.75 Å². The highest BCUT2D eigenvalue weighted by molar-refractivity contribution is 7.89. The maximum atomic E-state index is 13.8. The number of sulfonamides is 1. The standard InChI is InChI=1S/C31H36N6O6S/c1-20-15-37(21(2)18-38)30(39)25-14-23(33-31(40)34-26-11-7-9-22-8-5-6-10-24(22)26)12-13-27(25)43-28(20)16-36(4)44(41,42)29-17-35(3)19-32-29/h5-14,17,19-21,28,38H,15-16,18H2,1-4H3,(H2,33,34,40)/t20-,21-,28+/m1/s1. The number of aromatic nitrogens is 2. The molecule has 1 aliphatic heterocycles. The molecule has 0 aliphatic carbocycles. The maximum Gasteiger partial charge on any atom is 0.323 e. The minimum atomic E-state index is -3.90. The van der Waals surface area contributed by atoms with Crippen LogP contribution in [0.3, 0.4) is 0 Å². The number of aryl methyl sites for hydroxylation is 1. The molecule has 1 aliphatic rings. The van der Waals surface area contributed by atoms with Crippen LogP contribution in [-0.4, -0.2) is 83.1 Å². The van der Waals surface area contributed by atoms with E-state index in [2.05, 4.69) is 15.6 Å². The second kappa shape index (κ2) is 12.6. The average molecular weight is 621 g/mol. The van der Waals surface area contributed by atoms with Crippen molar-refractivity contribution in [2.24, 2.45) is 13.0 Å². The Kier molecular flexibility index (Phi) is 8.90. The summed E-state index contributed by atoms with van der Waals surface area (Å²) in [5.41, 5.74) is 1.17. The molecular formula is C31H36N6O6S. The van der Waals surface area contributed by atoms with Crippen molar-refractivity contribution in [1.82, 2.24) is 18.8 Å². The Balaban J connectivity index is 1.41. The van der Waals surface area contributed by atoms with Gasteiger partial charge in [0.05, 0.1) is 36.8 Å². The van der Waals surface area contributed by atoms with Gasteiger partial charge in [-0.05, 0) is 36.6 Å². The Morgan fingerprint density at radius 3 is 2.64 bits per heavy atom. The molecule has 5 rings (SSSR count). The summed E-state index contributed by atoms with van der Waals surface area (Å²) < 4.78 is 35.5. The van der Waals surface area contributed by atoms with Gasteiger partial charge in [0.15, 0.2) is 5.03 Å². The van der Waals surface area contributed by atoms with Gasteiger partial charge < -0.3 is 29.9 Å². The van der Waals surface area contributed by atoms with Crippen LogP contribution in [0, 0.1) is 5.92 Å². The summed E-state index contributed by atoms with van der Waals surface area (Å²) in [5.74, 6) is -0.434. The summed E-state index contributed by atoms with van der Waals surface area (Å²) in [6, 6.07) is 17.0. The zero-order chi connectivity index (χ0) is 31.6. The number of urea groups is 1. The zero-order valence-corrected chi connectivity index (χ0v) is 25.8.